The van der Waals surface area contributed by atoms with Crippen LogP contribution in [-0.4, -0.2) is 21.1 Å². The summed E-state index contributed by atoms with van der Waals surface area (Å²) in [6.45, 7) is 0.00355. The van der Waals surface area contributed by atoms with Crippen molar-refractivity contribution in [2.75, 3.05) is 0 Å². The van der Waals surface area contributed by atoms with Gasteiger partial charge < -0.3 is 18.7 Å². The fraction of sp³-hybridized carbons (Fsp3) is 0.0500. The van der Waals surface area contributed by atoms with Crippen LogP contribution in [0.5, 0.6) is 0 Å². The lowest BCUT2D eigenvalue weighted by Crippen LogP contribution is -2.05. The SMILES string of the molecule is O=C(OCc1cc(-c2cc3ccccc3o2)on1)c1ccc2nc[nH]c2c1. The Hall–Kier alpha value is -3.87. The van der Waals surface area contributed by atoms with Gasteiger partial charge in [0.1, 0.15) is 17.9 Å². The quantitative estimate of drug-likeness (QED) is 0.480. The Morgan fingerprint density at radius 1 is 1.07 bits per heavy atom. The van der Waals surface area contributed by atoms with Gasteiger partial charge >= 0.3 is 5.97 Å². The van der Waals surface area contributed by atoms with E-state index in [0.29, 0.717) is 22.8 Å². The Balaban J connectivity index is 1.30. The summed E-state index contributed by atoms with van der Waals surface area (Å²) in [6.07, 6.45) is 1.58. The molecule has 0 aliphatic rings. The number of nitrogens with zero attached hydrogens (tertiary/aromatic N) is 2. The third-order valence-electron chi connectivity index (χ3n) is 4.23. The first kappa shape index (κ1) is 15.4. The van der Waals surface area contributed by atoms with E-state index in [9.17, 15) is 4.79 Å². The number of furan rings is 1. The molecule has 7 nitrogen and oxygen atoms in total. The highest BCUT2D eigenvalue weighted by atomic mass is 16.5. The minimum absolute atomic E-state index is 0.00355. The maximum Gasteiger partial charge on any atom is 0.338 e. The van der Waals surface area contributed by atoms with Crippen molar-refractivity contribution in [1.82, 2.24) is 15.1 Å². The average Bonchev–Trinajstić information content (AvgIpc) is 3.43. The van der Waals surface area contributed by atoms with Gasteiger partial charge in [-0.2, -0.15) is 0 Å². The highest BCUT2D eigenvalue weighted by Gasteiger charge is 2.14. The van der Waals surface area contributed by atoms with E-state index in [0.717, 1.165) is 22.0 Å². The van der Waals surface area contributed by atoms with Gasteiger partial charge in [-0.3, -0.25) is 0 Å². The molecule has 0 amide bonds. The number of ether oxygens (including phenoxy) is 1. The molecule has 0 saturated carbocycles. The largest absolute Gasteiger partial charge is 0.455 e. The Bertz CT molecular complexity index is 1230. The van der Waals surface area contributed by atoms with Crippen LogP contribution < -0.4 is 0 Å². The van der Waals surface area contributed by atoms with Gasteiger partial charge in [-0.15, -0.1) is 0 Å². The van der Waals surface area contributed by atoms with Crippen molar-refractivity contribution in [2.45, 2.75) is 6.61 Å². The smallest absolute Gasteiger partial charge is 0.338 e. The van der Waals surface area contributed by atoms with Crippen molar-refractivity contribution in [3.63, 3.8) is 0 Å². The monoisotopic (exact) mass is 359 g/mol. The molecule has 3 heterocycles. The molecule has 0 spiro atoms. The number of fused-ring (bicyclic) bond motifs is 2. The zero-order valence-electron chi connectivity index (χ0n) is 14.0. The molecule has 2 aromatic carbocycles. The molecule has 5 aromatic rings. The molecule has 0 aliphatic heterocycles. The summed E-state index contributed by atoms with van der Waals surface area (Å²) in [5.41, 5.74) is 3.27. The molecule has 132 valence electrons. The molecule has 0 bridgehead atoms. The summed E-state index contributed by atoms with van der Waals surface area (Å²) in [4.78, 5) is 19.3. The van der Waals surface area contributed by atoms with Gasteiger partial charge in [0.05, 0.1) is 22.9 Å². The molecule has 1 N–H and O–H groups in total. The lowest BCUT2D eigenvalue weighted by Gasteiger charge is -2.02. The number of hydrogen-bond donors (Lipinski definition) is 1. The summed E-state index contributed by atoms with van der Waals surface area (Å²) in [5, 5.41) is 4.92. The molecular formula is C20H13N3O4. The van der Waals surface area contributed by atoms with Crippen LogP contribution in [0.15, 0.2) is 69.9 Å². The van der Waals surface area contributed by atoms with E-state index >= 15 is 0 Å². The van der Waals surface area contributed by atoms with Crippen molar-refractivity contribution in [2.24, 2.45) is 0 Å². The van der Waals surface area contributed by atoms with E-state index in [-0.39, 0.29) is 6.61 Å². The maximum absolute atomic E-state index is 12.2. The number of para-hydroxylation sites is 1. The lowest BCUT2D eigenvalue weighted by atomic mass is 10.2. The molecule has 0 aliphatic carbocycles. The summed E-state index contributed by atoms with van der Waals surface area (Å²) in [6, 6.07) is 16.4. The van der Waals surface area contributed by atoms with Crippen LogP contribution in [0.2, 0.25) is 0 Å². The summed E-state index contributed by atoms with van der Waals surface area (Å²) >= 11 is 0. The predicted molar refractivity (Wildman–Crippen MR) is 96.9 cm³/mol. The van der Waals surface area contributed by atoms with Crippen LogP contribution >= 0.6 is 0 Å². The molecule has 27 heavy (non-hydrogen) atoms. The second kappa shape index (κ2) is 6.14. The van der Waals surface area contributed by atoms with Crippen LogP contribution in [0.1, 0.15) is 16.1 Å². The van der Waals surface area contributed by atoms with Gasteiger partial charge in [0, 0.05) is 11.5 Å². The van der Waals surface area contributed by atoms with Gasteiger partial charge in [0.2, 0.25) is 5.76 Å². The number of H-pyrrole nitrogens is 1. The van der Waals surface area contributed by atoms with Crippen molar-refractivity contribution in [3.8, 4) is 11.5 Å². The topological polar surface area (TPSA) is 94.2 Å². The van der Waals surface area contributed by atoms with Gasteiger partial charge in [-0.1, -0.05) is 23.4 Å². The zero-order valence-corrected chi connectivity index (χ0v) is 14.0. The van der Waals surface area contributed by atoms with E-state index in [2.05, 4.69) is 15.1 Å². The molecule has 0 atom stereocenters. The van der Waals surface area contributed by atoms with Gasteiger partial charge in [-0.05, 0) is 30.3 Å². The molecular weight excluding hydrogens is 346 g/mol. The average molecular weight is 359 g/mol. The molecule has 0 fully saturated rings. The Morgan fingerprint density at radius 2 is 2.00 bits per heavy atom. The lowest BCUT2D eigenvalue weighted by molar-refractivity contribution is 0.0464. The number of carbonyl (C=O) groups is 1. The summed E-state index contributed by atoms with van der Waals surface area (Å²) < 4.78 is 16.4. The number of aromatic amines is 1. The molecule has 0 radical (unpaired) electrons. The standard InChI is InChI=1S/C20H13N3O4/c24-20(13-5-6-15-16(7-13)22-11-21-15)25-10-14-9-19(27-23-14)18-8-12-3-1-2-4-17(12)26-18/h1-9,11H,10H2,(H,21,22). The number of benzene rings is 2. The van der Waals surface area contributed by atoms with Gasteiger partial charge in [-0.25, -0.2) is 9.78 Å². The van der Waals surface area contributed by atoms with E-state index < -0.39 is 5.97 Å². The van der Waals surface area contributed by atoms with E-state index in [1.165, 1.54) is 0 Å². The van der Waals surface area contributed by atoms with E-state index in [4.69, 9.17) is 13.7 Å². The number of carbonyl (C=O) groups excluding carboxylic acids is 1. The van der Waals surface area contributed by atoms with Crippen molar-refractivity contribution < 1.29 is 18.5 Å². The Labute approximate surface area is 152 Å². The van der Waals surface area contributed by atoms with E-state index in [1.807, 2.05) is 30.3 Å². The van der Waals surface area contributed by atoms with Crippen LogP contribution in [-0.2, 0) is 11.3 Å². The third kappa shape index (κ3) is 2.85. The van der Waals surface area contributed by atoms with Crippen LogP contribution in [0.25, 0.3) is 33.5 Å². The third-order valence-corrected chi connectivity index (χ3v) is 4.23. The second-order valence-corrected chi connectivity index (χ2v) is 6.04. The number of imidazole rings is 1. The highest BCUT2D eigenvalue weighted by molar-refractivity contribution is 5.93. The predicted octanol–water partition coefficient (Wildman–Crippen LogP) is 4.32. The summed E-state index contributed by atoms with van der Waals surface area (Å²) in [7, 11) is 0. The minimum Gasteiger partial charge on any atom is -0.455 e. The molecule has 0 saturated heterocycles. The van der Waals surface area contributed by atoms with Crippen molar-refractivity contribution in [1.29, 1.82) is 0 Å². The second-order valence-electron chi connectivity index (χ2n) is 6.04. The minimum atomic E-state index is -0.445. The van der Waals surface area contributed by atoms with E-state index in [1.54, 1.807) is 30.6 Å². The van der Waals surface area contributed by atoms with Gasteiger partial charge in [0.25, 0.3) is 0 Å². The van der Waals surface area contributed by atoms with Crippen molar-refractivity contribution in [3.05, 3.63) is 72.2 Å². The number of rotatable bonds is 4. The van der Waals surface area contributed by atoms with Crippen LogP contribution in [0, 0.1) is 0 Å². The fourth-order valence-corrected chi connectivity index (χ4v) is 2.88. The van der Waals surface area contributed by atoms with Gasteiger partial charge in [0.15, 0.2) is 5.76 Å². The summed E-state index contributed by atoms with van der Waals surface area (Å²) in [5.74, 6) is 0.613. The molecule has 3 aromatic heterocycles. The molecule has 0 unspecified atom stereocenters. The van der Waals surface area contributed by atoms with Crippen LogP contribution in [0.4, 0.5) is 0 Å². The number of nitrogens with one attached hydrogen (secondary N) is 1. The Kier molecular flexibility index (Phi) is 3.50. The fourth-order valence-electron chi connectivity index (χ4n) is 2.88. The number of hydrogen-bond acceptors (Lipinski definition) is 6. The van der Waals surface area contributed by atoms with Crippen molar-refractivity contribution >= 4 is 28.0 Å². The molecule has 7 heteroatoms. The first-order valence-corrected chi connectivity index (χ1v) is 8.31. The molecule has 5 rings (SSSR count). The first-order chi connectivity index (χ1) is 13.3. The first-order valence-electron chi connectivity index (χ1n) is 8.31. The number of aromatic nitrogens is 3. The zero-order chi connectivity index (χ0) is 18.2. The Morgan fingerprint density at radius 3 is 2.93 bits per heavy atom. The van der Waals surface area contributed by atoms with Crippen LogP contribution in [0.3, 0.4) is 0 Å². The normalized spacial score (nSPS) is 11.3. The highest BCUT2D eigenvalue weighted by Crippen LogP contribution is 2.28. The maximum atomic E-state index is 12.2. The number of esters is 1.